The Bertz CT molecular complexity index is 840. The largest absolute Gasteiger partial charge is 0.382 e. The first-order valence-corrected chi connectivity index (χ1v) is 8.45. The third kappa shape index (κ3) is 3.91. The number of nitrogens with zero attached hydrogens (tertiary/aromatic N) is 3. The van der Waals surface area contributed by atoms with E-state index in [2.05, 4.69) is 15.3 Å². The number of anilines is 2. The molecule has 2 heterocycles. The summed E-state index contributed by atoms with van der Waals surface area (Å²) in [6.45, 7) is 0.828. The van der Waals surface area contributed by atoms with Gasteiger partial charge in [0.05, 0.1) is 5.02 Å². The average molecular weight is 378 g/mol. The van der Waals surface area contributed by atoms with E-state index in [1.54, 1.807) is 4.90 Å². The van der Waals surface area contributed by atoms with Crippen molar-refractivity contribution in [2.45, 2.75) is 12.8 Å². The van der Waals surface area contributed by atoms with Gasteiger partial charge in [-0.25, -0.2) is 14.4 Å². The molecule has 0 bridgehead atoms. The molecule has 1 aromatic heterocycles. The smallest absolute Gasteiger partial charge is 0.276 e. The molecule has 1 fully saturated rings. The molecule has 1 aliphatic rings. The highest BCUT2D eigenvalue weighted by Gasteiger charge is 2.29. The molecule has 2 amide bonds. The molecule has 26 heavy (non-hydrogen) atoms. The molecule has 9 heteroatoms. The van der Waals surface area contributed by atoms with Gasteiger partial charge in [-0.3, -0.25) is 9.59 Å². The van der Waals surface area contributed by atoms with Crippen molar-refractivity contribution < 1.29 is 14.0 Å². The van der Waals surface area contributed by atoms with Crippen molar-refractivity contribution in [3.63, 3.8) is 0 Å². The number of amides is 2. The van der Waals surface area contributed by atoms with Crippen LogP contribution in [0.15, 0.2) is 30.6 Å². The minimum atomic E-state index is -0.542. The van der Waals surface area contributed by atoms with E-state index in [1.165, 1.54) is 30.6 Å². The normalized spacial score (nSPS) is 14.9. The predicted molar refractivity (Wildman–Crippen MR) is 95.1 cm³/mol. The Hall–Kier alpha value is -2.74. The average Bonchev–Trinajstić information content (AvgIpc) is 2.65. The number of halogens is 2. The van der Waals surface area contributed by atoms with Crippen LogP contribution in [0.5, 0.6) is 0 Å². The number of nitrogen functional groups attached to an aromatic ring is 1. The van der Waals surface area contributed by atoms with Gasteiger partial charge in [0.2, 0.25) is 5.91 Å². The molecule has 2 aromatic rings. The first-order chi connectivity index (χ1) is 12.5. The lowest BCUT2D eigenvalue weighted by atomic mass is 9.95. The summed E-state index contributed by atoms with van der Waals surface area (Å²) in [5, 5.41) is 2.68. The maximum atomic E-state index is 13.2. The number of piperidine rings is 1. The third-order valence-electron chi connectivity index (χ3n) is 4.27. The number of nitrogens with two attached hydrogens (primary N) is 1. The zero-order valence-electron chi connectivity index (χ0n) is 13.8. The van der Waals surface area contributed by atoms with Gasteiger partial charge in [0.1, 0.15) is 5.82 Å². The monoisotopic (exact) mass is 377 g/mol. The van der Waals surface area contributed by atoms with Crippen LogP contribution < -0.4 is 11.1 Å². The van der Waals surface area contributed by atoms with Gasteiger partial charge in [-0.15, -0.1) is 0 Å². The summed E-state index contributed by atoms with van der Waals surface area (Å²) in [5.41, 5.74) is 6.25. The fraction of sp³-hybridized carbons (Fsp3) is 0.294. The van der Waals surface area contributed by atoms with Gasteiger partial charge in [-0.1, -0.05) is 11.6 Å². The van der Waals surface area contributed by atoms with E-state index in [1.807, 2.05) is 0 Å². The number of carbonyl (C=O) groups is 2. The van der Waals surface area contributed by atoms with Gasteiger partial charge in [-0.2, -0.15) is 0 Å². The van der Waals surface area contributed by atoms with Crippen molar-refractivity contribution in [1.29, 1.82) is 0 Å². The number of carbonyl (C=O) groups excluding carboxylic acids is 2. The number of aromatic nitrogens is 2. The second-order valence-electron chi connectivity index (χ2n) is 5.97. The Morgan fingerprint density at radius 3 is 2.58 bits per heavy atom. The predicted octanol–water partition coefficient (Wildman–Crippen LogP) is 2.34. The van der Waals surface area contributed by atoms with Gasteiger partial charge in [0, 0.05) is 37.1 Å². The maximum Gasteiger partial charge on any atom is 0.276 e. The van der Waals surface area contributed by atoms with E-state index < -0.39 is 5.82 Å². The molecule has 1 aliphatic heterocycles. The molecular weight excluding hydrogens is 361 g/mol. The van der Waals surface area contributed by atoms with Crippen LogP contribution in [0.2, 0.25) is 5.02 Å². The van der Waals surface area contributed by atoms with Crippen LogP contribution in [0.4, 0.5) is 15.9 Å². The van der Waals surface area contributed by atoms with Crippen LogP contribution in [0.3, 0.4) is 0 Å². The quantitative estimate of drug-likeness (QED) is 0.854. The van der Waals surface area contributed by atoms with E-state index in [4.69, 9.17) is 17.3 Å². The van der Waals surface area contributed by atoms with E-state index >= 15 is 0 Å². The fourth-order valence-electron chi connectivity index (χ4n) is 2.83. The van der Waals surface area contributed by atoms with Crippen molar-refractivity contribution >= 4 is 34.9 Å². The Morgan fingerprint density at radius 1 is 1.23 bits per heavy atom. The van der Waals surface area contributed by atoms with Crippen molar-refractivity contribution in [2.24, 2.45) is 5.92 Å². The van der Waals surface area contributed by atoms with Crippen LogP contribution in [0.25, 0.3) is 0 Å². The van der Waals surface area contributed by atoms with Gasteiger partial charge < -0.3 is 16.0 Å². The van der Waals surface area contributed by atoms with Crippen LogP contribution in [-0.4, -0.2) is 39.8 Å². The highest BCUT2D eigenvalue weighted by atomic mass is 35.5. The second kappa shape index (κ2) is 7.65. The molecule has 0 radical (unpaired) electrons. The SMILES string of the molecule is Nc1nccnc1C(=O)N1CCC(C(=O)Nc2ccc(F)c(Cl)c2)CC1. The number of hydrogen-bond acceptors (Lipinski definition) is 5. The van der Waals surface area contributed by atoms with Gasteiger partial charge in [-0.05, 0) is 31.0 Å². The van der Waals surface area contributed by atoms with Gasteiger partial charge in [0.25, 0.3) is 5.91 Å². The Balaban J connectivity index is 1.57. The van der Waals surface area contributed by atoms with Gasteiger partial charge >= 0.3 is 0 Å². The zero-order chi connectivity index (χ0) is 18.7. The summed E-state index contributed by atoms with van der Waals surface area (Å²) in [7, 11) is 0. The maximum absolute atomic E-state index is 13.2. The minimum Gasteiger partial charge on any atom is -0.382 e. The molecule has 3 rings (SSSR count). The molecular formula is C17H17ClFN5O2. The Labute approximate surface area is 154 Å². The number of benzene rings is 1. The molecule has 0 saturated carbocycles. The number of rotatable bonds is 3. The molecule has 0 atom stereocenters. The number of likely N-dealkylation sites (tertiary alicyclic amines) is 1. The summed E-state index contributed by atoms with van der Waals surface area (Å²) in [6, 6.07) is 4.02. The van der Waals surface area contributed by atoms with Crippen molar-refractivity contribution in [2.75, 3.05) is 24.1 Å². The minimum absolute atomic E-state index is 0.0511. The van der Waals surface area contributed by atoms with Crippen LogP contribution in [-0.2, 0) is 4.79 Å². The summed E-state index contributed by atoms with van der Waals surface area (Å²) in [6.07, 6.45) is 3.85. The molecule has 0 spiro atoms. The number of hydrogen-bond donors (Lipinski definition) is 2. The summed E-state index contributed by atoms with van der Waals surface area (Å²) in [5.74, 6) is -1.18. The molecule has 0 unspecified atom stereocenters. The third-order valence-corrected chi connectivity index (χ3v) is 4.56. The van der Waals surface area contributed by atoms with Crippen LogP contribution in [0.1, 0.15) is 23.3 Å². The molecule has 1 aromatic carbocycles. The van der Waals surface area contributed by atoms with E-state index in [9.17, 15) is 14.0 Å². The topological polar surface area (TPSA) is 101 Å². The molecule has 3 N–H and O–H groups in total. The Morgan fingerprint density at radius 2 is 1.92 bits per heavy atom. The Kier molecular flexibility index (Phi) is 5.32. The summed E-state index contributed by atoms with van der Waals surface area (Å²) in [4.78, 5) is 34.3. The first kappa shape index (κ1) is 18.1. The number of nitrogens with one attached hydrogen (secondary N) is 1. The fourth-order valence-corrected chi connectivity index (χ4v) is 3.01. The highest BCUT2D eigenvalue weighted by molar-refractivity contribution is 6.31. The lowest BCUT2D eigenvalue weighted by molar-refractivity contribution is -0.121. The molecule has 1 saturated heterocycles. The standard InChI is InChI=1S/C17H17ClFN5O2/c18-12-9-11(1-2-13(12)19)23-16(25)10-3-7-24(8-4-10)17(26)14-15(20)22-6-5-21-14/h1-2,5-6,9-10H,3-4,7-8H2,(H2,20,22)(H,23,25). The van der Waals surface area contributed by atoms with Crippen molar-refractivity contribution in [1.82, 2.24) is 14.9 Å². The van der Waals surface area contributed by atoms with Crippen molar-refractivity contribution in [3.8, 4) is 0 Å². The van der Waals surface area contributed by atoms with Crippen LogP contribution >= 0.6 is 11.6 Å². The molecule has 0 aliphatic carbocycles. The zero-order valence-corrected chi connectivity index (χ0v) is 14.5. The van der Waals surface area contributed by atoms with E-state index in [-0.39, 0.29) is 34.3 Å². The highest BCUT2D eigenvalue weighted by Crippen LogP contribution is 2.23. The summed E-state index contributed by atoms with van der Waals surface area (Å²) >= 11 is 5.72. The lowest BCUT2D eigenvalue weighted by Gasteiger charge is -2.31. The second-order valence-corrected chi connectivity index (χ2v) is 6.38. The van der Waals surface area contributed by atoms with Crippen molar-refractivity contribution in [3.05, 3.63) is 47.1 Å². The van der Waals surface area contributed by atoms with E-state index in [0.717, 1.165) is 0 Å². The first-order valence-electron chi connectivity index (χ1n) is 8.07. The van der Waals surface area contributed by atoms with Crippen LogP contribution in [0, 0.1) is 11.7 Å². The molecule has 136 valence electrons. The van der Waals surface area contributed by atoms with E-state index in [0.29, 0.717) is 31.6 Å². The summed E-state index contributed by atoms with van der Waals surface area (Å²) < 4.78 is 13.2. The lowest BCUT2D eigenvalue weighted by Crippen LogP contribution is -2.42. The van der Waals surface area contributed by atoms with Gasteiger partial charge in [0.15, 0.2) is 11.5 Å². The molecule has 7 nitrogen and oxygen atoms in total.